The van der Waals surface area contributed by atoms with E-state index in [1.165, 1.54) is 24.3 Å². The Kier molecular flexibility index (Phi) is 6.08. The fourth-order valence-electron chi connectivity index (χ4n) is 2.28. The lowest BCUT2D eigenvalue weighted by Gasteiger charge is -2.13. The highest BCUT2D eigenvalue weighted by Gasteiger charge is 2.15. The van der Waals surface area contributed by atoms with E-state index in [0.717, 1.165) is 11.3 Å². The van der Waals surface area contributed by atoms with E-state index in [-0.39, 0.29) is 15.9 Å². The van der Waals surface area contributed by atoms with Gasteiger partial charge in [0.05, 0.1) is 4.90 Å². The van der Waals surface area contributed by atoms with Crippen molar-refractivity contribution in [3.63, 3.8) is 0 Å². The van der Waals surface area contributed by atoms with Crippen LogP contribution in [0.5, 0.6) is 0 Å². The zero-order chi connectivity index (χ0) is 20.1. The molecule has 3 aromatic rings. The van der Waals surface area contributed by atoms with E-state index in [1.807, 2.05) is 31.2 Å². The maximum absolute atomic E-state index is 12.4. The molecule has 28 heavy (non-hydrogen) atoms. The number of nitrogens with zero attached hydrogens (tertiary/aromatic N) is 2. The van der Waals surface area contributed by atoms with E-state index in [2.05, 4.69) is 25.6 Å². The van der Waals surface area contributed by atoms with Crippen LogP contribution in [0, 0.1) is 6.92 Å². The Hall–Kier alpha value is -2.75. The smallest absolute Gasteiger partial charge is 0.263 e. The molecule has 7 nitrogen and oxygen atoms in total. The van der Waals surface area contributed by atoms with Gasteiger partial charge in [-0.15, -0.1) is 10.2 Å². The number of rotatable bonds is 5. The number of anilines is 3. The lowest BCUT2D eigenvalue weighted by molar-refractivity contribution is 0.601. The predicted molar refractivity (Wildman–Crippen MR) is 115 cm³/mol. The summed E-state index contributed by atoms with van der Waals surface area (Å²) in [7, 11) is -3.80. The highest BCUT2D eigenvalue weighted by Crippen LogP contribution is 2.18. The number of benzene rings is 2. The van der Waals surface area contributed by atoms with E-state index in [9.17, 15) is 8.42 Å². The predicted octanol–water partition coefficient (Wildman–Crippen LogP) is 4.05. The van der Waals surface area contributed by atoms with Crippen molar-refractivity contribution in [2.45, 2.75) is 11.8 Å². The summed E-state index contributed by atoms with van der Waals surface area (Å²) >= 11 is 10.9. The Morgan fingerprint density at radius 3 is 2.32 bits per heavy atom. The molecule has 0 spiro atoms. The number of halogens is 1. The molecule has 0 fully saturated rings. The van der Waals surface area contributed by atoms with E-state index in [1.54, 1.807) is 12.1 Å². The van der Waals surface area contributed by atoms with Gasteiger partial charge in [0.2, 0.25) is 0 Å². The molecule has 0 aliphatic carbocycles. The maximum atomic E-state index is 12.4. The highest BCUT2D eigenvalue weighted by molar-refractivity contribution is 7.92. The number of hydrogen-bond acceptors (Lipinski definition) is 5. The number of sulfonamides is 1. The molecule has 0 aliphatic heterocycles. The van der Waals surface area contributed by atoms with Crippen molar-refractivity contribution in [3.05, 3.63) is 71.4 Å². The second-order valence-corrected chi connectivity index (χ2v) is 8.24. The van der Waals surface area contributed by atoms with Gasteiger partial charge in [0.15, 0.2) is 16.1 Å². The lowest BCUT2D eigenvalue weighted by atomic mass is 10.2. The van der Waals surface area contributed by atoms with Crippen molar-refractivity contribution < 1.29 is 8.42 Å². The van der Waals surface area contributed by atoms with E-state index >= 15 is 0 Å². The van der Waals surface area contributed by atoms with Crippen molar-refractivity contribution in [3.8, 4) is 0 Å². The van der Waals surface area contributed by atoms with Crippen LogP contribution in [0.25, 0.3) is 0 Å². The summed E-state index contributed by atoms with van der Waals surface area (Å²) in [6, 6.07) is 16.8. The van der Waals surface area contributed by atoms with Crippen molar-refractivity contribution >= 4 is 56.1 Å². The molecule has 2 aromatic carbocycles. The van der Waals surface area contributed by atoms with Gasteiger partial charge in [-0.25, -0.2) is 8.42 Å². The molecule has 0 amide bonds. The minimum Gasteiger partial charge on any atom is -0.332 e. The molecule has 0 saturated heterocycles. The Balaban J connectivity index is 1.66. The van der Waals surface area contributed by atoms with Gasteiger partial charge in [-0.1, -0.05) is 29.8 Å². The molecular formula is C18H16ClN5O2S2. The molecule has 0 bridgehead atoms. The van der Waals surface area contributed by atoms with Crippen LogP contribution in [-0.2, 0) is 10.0 Å². The van der Waals surface area contributed by atoms with E-state index in [0.29, 0.717) is 10.8 Å². The second-order valence-electron chi connectivity index (χ2n) is 5.77. The fourth-order valence-corrected chi connectivity index (χ4v) is 3.61. The van der Waals surface area contributed by atoms with Gasteiger partial charge in [-0.2, -0.15) is 0 Å². The number of nitrogens with one attached hydrogen (secondary N) is 3. The largest absolute Gasteiger partial charge is 0.332 e. The number of aryl methyl sites for hydroxylation is 1. The first-order chi connectivity index (χ1) is 13.3. The molecule has 0 radical (unpaired) electrons. The molecule has 10 heteroatoms. The molecule has 0 atom stereocenters. The summed E-state index contributed by atoms with van der Waals surface area (Å²) in [6.45, 7) is 1.97. The summed E-state index contributed by atoms with van der Waals surface area (Å²) in [5.74, 6) is 0.0789. The van der Waals surface area contributed by atoms with Gasteiger partial charge in [0.1, 0.15) is 0 Å². The molecule has 0 saturated carbocycles. The van der Waals surface area contributed by atoms with E-state index in [4.69, 9.17) is 23.8 Å². The first kappa shape index (κ1) is 20.0. The average molecular weight is 434 g/mol. The third-order valence-electron chi connectivity index (χ3n) is 3.69. The zero-order valence-electron chi connectivity index (χ0n) is 14.7. The topological polar surface area (TPSA) is 96.0 Å². The Bertz CT molecular complexity index is 1090. The van der Waals surface area contributed by atoms with Crippen molar-refractivity contribution in [2.75, 3.05) is 15.4 Å². The summed E-state index contributed by atoms with van der Waals surface area (Å²) in [5, 5.41) is 14.0. The molecule has 1 aromatic heterocycles. The van der Waals surface area contributed by atoms with Gasteiger partial charge < -0.3 is 10.6 Å². The van der Waals surface area contributed by atoms with Crippen molar-refractivity contribution in [2.24, 2.45) is 0 Å². The lowest BCUT2D eigenvalue weighted by Crippen LogP contribution is -2.19. The van der Waals surface area contributed by atoms with Crippen LogP contribution in [0.2, 0.25) is 5.15 Å². The number of hydrogen-bond donors (Lipinski definition) is 3. The van der Waals surface area contributed by atoms with E-state index < -0.39 is 10.0 Å². The molecule has 3 N–H and O–H groups in total. The van der Waals surface area contributed by atoms with Gasteiger partial charge >= 0.3 is 0 Å². The third kappa shape index (κ3) is 5.16. The van der Waals surface area contributed by atoms with Crippen molar-refractivity contribution in [1.82, 2.24) is 10.2 Å². The molecule has 1 heterocycles. The van der Waals surface area contributed by atoms with Crippen molar-refractivity contribution in [1.29, 1.82) is 0 Å². The Morgan fingerprint density at radius 2 is 1.68 bits per heavy atom. The molecule has 0 aliphatic rings. The summed E-state index contributed by atoms with van der Waals surface area (Å²) in [6.07, 6.45) is 0. The minimum absolute atomic E-state index is 0.0765. The normalized spacial score (nSPS) is 10.9. The number of para-hydroxylation sites is 1. The number of aromatic nitrogens is 2. The third-order valence-corrected chi connectivity index (χ3v) is 5.46. The van der Waals surface area contributed by atoms with Crippen LogP contribution in [0.3, 0.4) is 0 Å². The standard InChI is InChI=1S/C18H16ClN5O2S2/c1-12-4-2-3-5-15(12)21-18(27)20-13-6-8-14(9-7-13)28(25,26)24-17-11-10-16(19)22-23-17/h2-11H,1H3,(H,23,24)(H2,20,21,27). The van der Waals surface area contributed by atoms with Gasteiger partial charge in [-0.05, 0) is 67.2 Å². The minimum atomic E-state index is -3.80. The van der Waals surface area contributed by atoms with Crippen LogP contribution in [0.4, 0.5) is 17.2 Å². The quantitative estimate of drug-likeness (QED) is 0.522. The van der Waals surface area contributed by atoms with Crippen LogP contribution in [0.1, 0.15) is 5.56 Å². The highest BCUT2D eigenvalue weighted by atomic mass is 35.5. The first-order valence-electron chi connectivity index (χ1n) is 8.09. The molecular weight excluding hydrogens is 418 g/mol. The summed E-state index contributed by atoms with van der Waals surface area (Å²) in [4.78, 5) is 0.0765. The Labute approximate surface area is 173 Å². The summed E-state index contributed by atoms with van der Waals surface area (Å²) < 4.78 is 27.2. The molecule has 144 valence electrons. The Morgan fingerprint density at radius 1 is 0.964 bits per heavy atom. The molecule has 3 rings (SSSR count). The van der Waals surface area contributed by atoms with Crippen LogP contribution >= 0.6 is 23.8 Å². The SMILES string of the molecule is Cc1ccccc1NC(=S)Nc1ccc(S(=O)(=O)Nc2ccc(Cl)nn2)cc1. The van der Waals surface area contributed by atoms with Gasteiger partial charge in [0.25, 0.3) is 10.0 Å². The first-order valence-corrected chi connectivity index (χ1v) is 10.4. The fraction of sp³-hybridized carbons (Fsp3) is 0.0556. The van der Waals surface area contributed by atoms with Crippen LogP contribution < -0.4 is 15.4 Å². The monoisotopic (exact) mass is 433 g/mol. The van der Waals surface area contributed by atoms with Crippen LogP contribution in [-0.4, -0.2) is 23.7 Å². The van der Waals surface area contributed by atoms with Gasteiger partial charge in [0, 0.05) is 11.4 Å². The average Bonchev–Trinajstić information content (AvgIpc) is 2.66. The van der Waals surface area contributed by atoms with Crippen LogP contribution in [0.15, 0.2) is 65.6 Å². The maximum Gasteiger partial charge on any atom is 0.263 e. The van der Waals surface area contributed by atoms with Gasteiger partial charge in [-0.3, -0.25) is 4.72 Å². The zero-order valence-corrected chi connectivity index (χ0v) is 17.1. The summed E-state index contributed by atoms with van der Waals surface area (Å²) in [5.41, 5.74) is 2.60. The second kappa shape index (κ2) is 8.51. The number of thiocarbonyl (C=S) groups is 1. The molecule has 0 unspecified atom stereocenters.